The Hall–Kier alpha value is -2.04. The van der Waals surface area contributed by atoms with Gasteiger partial charge in [-0.25, -0.2) is 4.79 Å². The number of nitrogens with two attached hydrogens (primary N) is 1. The fourth-order valence-corrected chi connectivity index (χ4v) is 1.39. The number of hydrogen-bond donors (Lipinski definition) is 2. The van der Waals surface area contributed by atoms with Gasteiger partial charge in [-0.3, -0.25) is 4.79 Å². The lowest BCUT2D eigenvalue weighted by Gasteiger charge is -2.15. The molecule has 17 heavy (non-hydrogen) atoms. The number of amides is 2. The number of carbonyl (C=O) groups excluding carboxylic acids is 2. The van der Waals surface area contributed by atoms with E-state index in [1.807, 2.05) is 30.3 Å². The largest absolute Gasteiger partial charge is 0.450 e. The van der Waals surface area contributed by atoms with Gasteiger partial charge < -0.3 is 15.8 Å². The van der Waals surface area contributed by atoms with E-state index in [1.165, 1.54) is 0 Å². The van der Waals surface area contributed by atoms with Crippen molar-refractivity contribution in [1.29, 1.82) is 0 Å². The van der Waals surface area contributed by atoms with Crippen molar-refractivity contribution in [2.45, 2.75) is 19.4 Å². The molecule has 0 fully saturated rings. The Balaban J connectivity index is 2.61. The lowest BCUT2D eigenvalue weighted by atomic mass is 10.1. The number of rotatable bonds is 5. The molecule has 1 aromatic carbocycles. The van der Waals surface area contributed by atoms with Gasteiger partial charge in [0.1, 0.15) is 6.04 Å². The fourth-order valence-electron chi connectivity index (χ4n) is 1.39. The minimum Gasteiger partial charge on any atom is -0.450 e. The van der Waals surface area contributed by atoms with Crippen molar-refractivity contribution in [3.63, 3.8) is 0 Å². The first-order valence-electron chi connectivity index (χ1n) is 5.40. The van der Waals surface area contributed by atoms with Crippen LogP contribution in [0, 0.1) is 0 Å². The van der Waals surface area contributed by atoms with Crippen molar-refractivity contribution in [3.8, 4) is 0 Å². The summed E-state index contributed by atoms with van der Waals surface area (Å²) in [4.78, 5) is 22.4. The molecular formula is C12H16N2O3. The zero-order valence-corrected chi connectivity index (χ0v) is 9.68. The third kappa shape index (κ3) is 4.55. The van der Waals surface area contributed by atoms with Crippen LogP contribution in [0.25, 0.3) is 0 Å². The van der Waals surface area contributed by atoms with Gasteiger partial charge in [-0.05, 0) is 12.5 Å². The Bertz CT molecular complexity index is 379. The van der Waals surface area contributed by atoms with Crippen LogP contribution in [-0.4, -0.2) is 24.6 Å². The number of carbonyl (C=O) groups is 2. The molecule has 1 rings (SSSR count). The molecule has 5 heteroatoms. The lowest BCUT2D eigenvalue weighted by Crippen LogP contribution is -2.46. The Kier molecular flexibility index (Phi) is 5.00. The first-order valence-corrected chi connectivity index (χ1v) is 5.40. The van der Waals surface area contributed by atoms with Crippen LogP contribution in [0.1, 0.15) is 12.5 Å². The van der Waals surface area contributed by atoms with E-state index >= 15 is 0 Å². The molecule has 0 saturated heterocycles. The standard InChI is InChI=1S/C12H16N2O3/c1-2-17-12(16)14-10(11(13)15)8-9-6-4-3-5-7-9/h3-7,10H,2,8H2,1H3,(H2,13,15)(H,14,16)/t10-/m0/s1. The smallest absolute Gasteiger partial charge is 0.407 e. The van der Waals surface area contributed by atoms with Crippen LogP contribution in [0.3, 0.4) is 0 Å². The summed E-state index contributed by atoms with van der Waals surface area (Å²) >= 11 is 0. The maximum atomic E-state index is 11.2. The maximum absolute atomic E-state index is 11.2. The summed E-state index contributed by atoms with van der Waals surface area (Å²) in [6.07, 6.45) is -0.276. The molecule has 0 radical (unpaired) electrons. The molecule has 0 aliphatic rings. The van der Waals surface area contributed by atoms with Gasteiger partial charge >= 0.3 is 6.09 Å². The van der Waals surface area contributed by atoms with E-state index in [2.05, 4.69) is 5.32 Å². The molecule has 1 atom stereocenters. The molecule has 0 aromatic heterocycles. The average Bonchev–Trinajstić information content (AvgIpc) is 2.29. The van der Waals surface area contributed by atoms with Gasteiger partial charge in [0.2, 0.25) is 5.91 Å². The molecule has 0 saturated carbocycles. The van der Waals surface area contributed by atoms with Crippen LogP contribution in [0.5, 0.6) is 0 Å². The van der Waals surface area contributed by atoms with E-state index in [9.17, 15) is 9.59 Å². The predicted octanol–water partition coefficient (Wildman–Crippen LogP) is 0.829. The van der Waals surface area contributed by atoms with E-state index in [0.29, 0.717) is 6.42 Å². The summed E-state index contributed by atoms with van der Waals surface area (Å²) in [5.74, 6) is -0.582. The lowest BCUT2D eigenvalue weighted by molar-refractivity contribution is -0.119. The van der Waals surface area contributed by atoms with Gasteiger partial charge in [-0.2, -0.15) is 0 Å². The van der Waals surface area contributed by atoms with Crippen LogP contribution in [-0.2, 0) is 16.0 Å². The first-order chi connectivity index (χ1) is 8.13. The number of ether oxygens (including phenoxy) is 1. The highest BCUT2D eigenvalue weighted by molar-refractivity contribution is 5.84. The Labute approximate surface area is 99.9 Å². The molecule has 0 spiro atoms. The van der Waals surface area contributed by atoms with Gasteiger partial charge in [-0.1, -0.05) is 30.3 Å². The topological polar surface area (TPSA) is 81.4 Å². The monoisotopic (exact) mass is 236 g/mol. The molecular weight excluding hydrogens is 220 g/mol. The molecule has 2 amide bonds. The van der Waals surface area contributed by atoms with Crippen LogP contribution in [0.2, 0.25) is 0 Å². The molecule has 0 bridgehead atoms. The van der Waals surface area contributed by atoms with Gasteiger partial charge in [-0.15, -0.1) is 0 Å². The van der Waals surface area contributed by atoms with Crippen molar-refractivity contribution >= 4 is 12.0 Å². The summed E-state index contributed by atoms with van der Waals surface area (Å²) in [6.45, 7) is 1.94. The number of alkyl carbamates (subject to hydrolysis) is 1. The summed E-state index contributed by atoms with van der Waals surface area (Å²) < 4.78 is 4.70. The summed E-state index contributed by atoms with van der Waals surface area (Å²) in [7, 11) is 0. The van der Waals surface area contributed by atoms with E-state index < -0.39 is 18.0 Å². The normalized spacial score (nSPS) is 11.6. The molecule has 0 aliphatic carbocycles. The van der Waals surface area contributed by atoms with Gasteiger partial charge in [0, 0.05) is 6.42 Å². The zero-order chi connectivity index (χ0) is 12.7. The van der Waals surface area contributed by atoms with Crippen LogP contribution in [0.4, 0.5) is 4.79 Å². The SMILES string of the molecule is CCOC(=O)N[C@@H](Cc1ccccc1)C(N)=O. The van der Waals surface area contributed by atoms with Crippen molar-refractivity contribution in [2.75, 3.05) is 6.61 Å². The molecule has 1 aromatic rings. The highest BCUT2D eigenvalue weighted by Gasteiger charge is 2.18. The van der Waals surface area contributed by atoms with E-state index in [-0.39, 0.29) is 6.61 Å². The van der Waals surface area contributed by atoms with Crippen LogP contribution < -0.4 is 11.1 Å². The number of benzene rings is 1. The quantitative estimate of drug-likeness (QED) is 0.794. The van der Waals surface area contributed by atoms with Crippen LogP contribution >= 0.6 is 0 Å². The molecule has 0 unspecified atom stereocenters. The number of primary amides is 1. The van der Waals surface area contributed by atoms with Gasteiger partial charge in [0.15, 0.2) is 0 Å². The second kappa shape index (κ2) is 6.52. The second-order valence-corrected chi connectivity index (χ2v) is 3.51. The van der Waals surface area contributed by atoms with E-state index in [0.717, 1.165) is 5.56 Å². The minimum absolute atomic E-state index is 0.253. The summed E-state index contributed by atoms with van der Waals surface area (Å²) in [6, 6.07) is 8.57. The zero-order valence-electron chi connectivity index (χ0n) is 9.68. The van der Waals surface area contributed by atoms with Crippen molar-refractivity contribution in [1.82, 2.24) is 5.32 Å². The average molecular weight is 236 g/mol. The van der Waals surface area contributed by atoms with E-state index in [1.54, 1.807) is 6.92 Å². The second-order valence-electron chi connectivity index (χ2n) is 3.51. The molecule has 3 N–H and O–H groups in total. The minimum atomic E-state index is -0.753. The van der Waals surface area contributed by atoms with Crippen molar-refractivity contribution < 1.29 is 14.3 Å². The van der Waals surface area contributed by atoms with Gasteiger partial charge in [0.25, 0.3) is 0 Å². The summed E-state index contributed by atoms with van der Waals surface area (Å²) in [5, 5.41) is 2.43. The molecule has 92 valence electrons. The van der Waals surface area contributed by atoms with E-state index in [4.69, 9.17) is 10.5 Å². The van der Waals surface area contributed by atoms with Crippen molar-refractivity contribution in [3.05, 3.63) is 35.9 Å². The predicted molar refractivity (Wildman–Crippen MR) is 63.3 cm³/mol. The fraction of sp³-hybridized carbons (Fsp3) is 0.333. The highest BCUT2D eigenvalue weighted by atomic mass is 16.5. The maximum Gasteiger partial charge on any atom is 0.407 e. The third-order valence-electron chi connectivity index (χ3n) is 2.19. The Morgan fingerprint density at radius 3 is 2.53 bits per heavy atom. The Morgan fingerprint density at radius 1 is 1.35 bits per heavy atom. The summed E-state index contributed by atoms with van der Waals surface area (Å²) in [5.41, 5.74) is 6.14. The molecule has 0 heterocycles. The number of nitrogens with one attached hydrogen (secondary N) is 1. The molecule has 0 aliphatic heterocycles. The van der Waals surface area contributed by atoms with Crippen molar-refractivity contribution in [2.24, 2.45) is 5.73 Å². The number of hydrogen-bond acceptors (Lipinski definition) is 3. The molecule has 5 nitrogen and oxygen atoms in total. The Morgan fingerprint density at radius 2 is 2.00 bits per heavy atom. The van der Waals surface area contributed by atoms with Gasteiger partial charge in [0.05, 0.1) is 6.61 Å². The third-order valence-corrected chi connectivity index (χ3v) is 2.19. The highest BCUT2D eigenvalue weighted by Crippen LogP contribution is 2.03. The van der Waals surface area contributed by atoms with Crippen LogP contribution in [0.15, 0.2) is 30.3 Å². The first kappa shape index (κ1) is 13.0.